The van der Waals surface area contributed by atoms with Crippen LogP contribution in [0.15, 0.2) is 36.4 Å². The molecule has 2 N–H and O–H groups in total. The first-order valence-electron chi connectivity index (χ1n) is 7.25. The Kier molecular flexibility index (Phi) is 5.35. The molecule has 4 heteroatoms. The van der Waals surface area contributed by atoms with Crippen LogP contribution in [0.1, 0.15) is 32.5 Å². The molecule has 2 rings (SSSR count). The number of rotatable bonds is 7. The Morgan fingerprint density at radius 2 is 1.70 bits per heavy atom. The van der Waals surface area contributed by atoms with Gasteiger partial charge in [0, 0.05) is 24.7 Å². The average molecular weight is 270 g/mol. The second-order valence-corrected chi connectivity index (χ2v) is 4.72. The molecule has 0 amide bonds. The van der Waals surface area contributed by atoms with E-state index in [-0.39, 0.29) is 0 Å². The fourth-order valence-corrected chi connectivity index (χ4v) is 1.91. The maximum absolute atomic E-state index is 4.56. The van der Waals surface area contributed by atoms with E-state index >= 15 is 0 Å². The summed E-state index contributed by atoms with van der Waals surface area (Å²) in [6.45, 7) is 5.21. The molecule has 0 fully saturated rings. The highest BCUT2D eigenvalue weighted by molar-refractivity contribution is 5.59. The molecule has 0 bridgehead atoms. The first-order valence-corrected chi connectivity index (χ1v) is 7.25. The van der Waals surface area contributed by atoms with Crippen LogP contribution in [0.3, 0.4) is 0 Å². The zero-order valence-electron chi connectivity index (χ0n) is 12.2. The summed E-state index contributed by atoms with van der Waals surface area (Å²) in [5.74, 6) is 2.61. The van der Waals surface area contributed by atoms with E-state index in [1.165, 1.54) is 0 Å². The highest BCUT2D eigenvalue weighted by Crippen LogP contribution is 2.17. The van der Waals surface area contributed by atoms with Crippen molar-refractivity contribution in [1.29, 1.82) is 0 Å². The molecule has 0 aliphatic rings. The fraction of sp³-hybridized carbons (Fsp3) is 0.375. The molecule has 2 aromatic rings. The third-order valence-corrected chi connectivity index (χ3v) is 2.85. The van der Waals surface area contributed by atoms with Gasteiger partial charge >= 0.3 is 0 Å². The molecule has 0 spiro atoms. The van der Waals surface area contributed by atoms with E-state index in [1.807, 2.05) is 36.4 Å². The highest BCUT2D eigenvalue weighted by atomic mass is 15.1. The number of para-hydroxylation sites is 1. The minimum absolute atomic E-state index is 0.841. The van der Waals surface area contributed by atoms with Gasteiger partial charge in [-0.05, 0) is 25.0 Å². The van der Waals surface area contributed by atoms with Gasteiger partial charge in [0.1, 0.15) is 17.5 Å². The minimum Gasteiger partial charge on any atom is -0.370 e. The summed E-state index contributed by atoms with van der Waals surface area (Å²) >= 11 is 0. The van der Waals surface area contributed by atoms with E-state index in [2.05, 4.69) is 34.4 Å². The van der Waals surface area contributed by atoms with Crippen LogP contribution in [0.25, 0.3) is 0 Å². The first kappa shape index (κ1) is 14.3. The average Bonchev–Trinajstić information content (AvgIpc) is 2.46. The molecule has 1 aromatic carbocycles. The third kappa shape index (κ3) is 4.23. The minimum atomic E-state index is 0.841. The van der Waals surface area contributed by atoms with Gasteiger partial charge in [0.25, 0.3) is 0 Å². The number of benzene rings is 1. The van der Waals surface area contributed by atoms with Crippen molar-refractivity contribution in [2.45, 2.75) is 33.1 Å². The van der Waals surface area contributed by atoms with Crippen LogP contribution in [-0.2, 0) is 6.42 Å². The Bertz CT molecular complexity index is 525. The molecule has 0 saturated carbocycles. The zero-order chi connectivity index (χ0) is 14.2. The monoisotopic (exact) mass is 270 g/mol. The van der Waals surface area contributed by atoms with E-state index in [0.717, 1.165) is 49.0 Å². The van der Waals surface area contributed by atoms with E-state index in [9.17, 15) is 0 Å². The highest BCUT2D eigenvalue weighted by Gasteiger charge is 2.04. The molecule has 1 aromatic heterocycles. The van der Waals surface area contributed by atoms with E-state index in [4.69, 9.17) is 0 Å². The zero-order valence-corrected chi connectivity index (χ0v) is 12.2. The van der Waals surface area contributed by atoms with Crippen molar-refractivity contribution in [3.8, 4) is 0 Å². The van der Waals surface area contributed by atoms with Crippen LogP contribution < -0.4 is 10.6 Å². The summed E-state index contributed by atoms with van der Waals surface area (Å²) in [7, 11) is 0. The van der Waals surface area contributed by atoms with Gasteiger partial charge in [-0.25, -0.2) is 9.97 Å². The lowest BCUT2D eigenvalue weighted by Crippen LogP contribution is -2.07. The number of hydrogen-bond acceptors (Lipinski definition) is 4. The van der Waals surface area contributed by atoms with Gasteiger partial charge in [0.05, 0.1) is 0 Å². The summed E-state index contributed by atoms with van der Waals surface area (Å²) in [6.07, 6.45) is 3.02. The number of nitrogens with one attached hydrogen (secondary N) is 2. The first-order chi connectivity index (χ1) is 9.81. The SMILES string of the molecule is CCCNc1cc(Nc2ccccc2)nc(CCC)n1. The molecule has 0 aliphatic heterocycles. The van der Waals surface area contributed by atoms with E-state index in [1.54, 1.807) is 0 Å². The summed E-state index contributed by atoms with van der Waals surface area (Å²) in [4.78, 5) is 9.10. The Balaban J connectivity index is 2.19. The Labute approximate surface area is 120 Å². The fourth-order valence-electron chi connectivity index (χ4n) is 1.91. The van der Waals surface area contributed by atoms with Gasteiger partial charge in [-0.15, -0.1) is 0 Å². The normalized spacial score (nSPS) is 10.3. The van der Waals surface area contributed by atoms with Crippen molar-refractivity contribution >= 4 is 17.3 Å². The Hall–Kier alpha value is -2.10. The van der Waals surface area contributed by atoms with Crippen LogP contribution in [0, 0.1) is 0 Å². The quantitative estimate of drug-likeness (QED) is 0.798. The number of hydrogen-bond donors (Lipinski definition) is 2. The van der Waals surface area contributed by atoms with Crippen molar-refractivity contribution in [1.82, 2.24) is 9.97 Å². The van der Waals surface area contributed by atoms with Crippen molar-refractivity contribution in [2.24, 2.45) is 0 Å². The molecule has 4 nitrogen and oxygen atoms in total. The lowest BCUT2D eigenvalue weighted by Gasteiger charge is -2.10. The number of aromatic nitrogens is 2. The van der Waals surface area contributed by atoms with Crippen molar-refractivity contribution < 1.29 is 0 Å². The molecular weight excluding hydrogens is 248 g/mol. The summed E-state index contributed by atoms with van der Waals surface area (Å²) in [6, 6.07) is 12.0. The molecule has 0 aliphatic carbocycles. The second kappa shape index (κ2) is 7.48. The Morgan fingerprint density at radius 3 is 2.40 bits per heavy atom. The molecular formula is C16H22N4. The third-order valence-electron chi connectivity index (χ3n) is 2.85. The number of aryl methyl sites for hydroxylation is 1. The Morgan fingerprint density at radius 1 is 0.950 bits per heavy atom. The van der Waals surface area contributed by atoms with E-state index in [0.29, 0.717) is 0 Å². The second-order valence-electron chi connectivity index (χ2n) is 4.72. The standard InChI is InChI=1S/C16H22N4/c1-3-8-14-19-15(17-11-4-2)12-16(20-14)18-13-9-6-5-7-10-13/h5-7,9-10,12H,3-4,8,11H2,1-2H3,(H2,17,18,19,20). The van der Waals surface area contributed by atoms with Gasteiger partial charge < -0.3 is 10.6 Å². The largest absolute Gasteiger partial charge is 0.370 e. The maximum Gasteiger partial charge on any atom is 0.136 e. The lowest BCUT2D eigenvalue weighted by molar-refractivity contribution is 0.834. The maximum atomic E-state index is 4.56. The topological polar surface area (TPSA) is 49.8 Å². The van der Waals surface area contributed by atoms with Crippen LogP contribution >= 0.6 is 0 Å². The predicted octanol–water partition coefficient (Wildman–Crippen LogP) is 3.99. The molecule has 106 valence electrons. The van der Waals surface area contributed by atoms with E-state index < -0.39 is 0 Å². The van der Waals surface area contributed by atoms with Crippen molar-refractivity contribution in [2.75, 3.05) is 17.2 Å². The molecule has 1 heterocycles. The summed E-state index contributed by atoms with van der Waals surface area (Å²) in [5, 5.41) is 6.66. The van der Waals surface area contributed by atoms with Crippen LogP contribution in [-0.4, -0.2) is 16.5 Å². The van der Waals surface area contributed by atoms with Gasteiger partial charge in [-0.2, -0.15) is 0 Å². The molecule has 20 heavy (non-hydrogen) atoms. The number of anilines is 3. The summed E-state index contributed by atoms with van der Waals surface area (Å²) in [5.41, 5.74) is 1.04. The van der Waals surface area contributed by atoms with Crippen molar-refractivity contribution in [3.63, 3.8) is 0 Å². The van der Waals surface area contributed by atoms with Gasteiger partial charge in [-0.3, -0.25) is 0 Å². The summed E-state index contributed by atoms with van der Waals surface area (Å²) < 4.78 is 0. The lowest BCUT2D eigenvalue weighted by atomic mass is 10.3. The van der Waals surface area contributed by atoms with Crippen LogP contribution in [0.5, 0.6) is 0 Å². The molecule has 0 atom stereocenters. The number of nitrogens with zero attached hydrogens (tertiary/aromatic N) is 2. The van der Waals surface area contributed by atoms with Gasteiger partial charge in [-0.1, -0.05) is 32.0 Å². The molecule has 0 saturated heterocycles. The molecule has 0 unspecified atom stereocenters. The van der Waals surface area contributed by atoms with Crippen LogP contribution in [0.4, 0.5) is 17.3 Å². The van der Waals surface area contributed by atoms with Crippen LogP contribution in [0.2, 0.25) is 0 Å². The van der Waals surface area contributed by atoms with Gasteiger partial charge in [0.2, 0.25) is 0 Å². The van der Waals surface area contributed by atoms with Gasteiger partial charge in [0.15, 0.2) is 0 Å². The van der Waals surface area contributed by atoms with Crippen molar-refractivity contribution in [3.05, 3.63) is 42.2 Å². The smallest absolute Gasteiger partial charge is 0.136 e. The molecule has 0 radical (unpaired) electrons. The predicted molar refractivity (Wildman–Crippen MR) is 84.5 cm³/mol.